The fourth-order valence-electron chi connectivity index (χ4n) is 2.78. The second kappa shape index (κ2) is 5.11. The van der Waals surface area contributed by atoms with Crippen LogP contribution >= 0.6 is 0 Å². The van der Waals surface area contributed by atoms with Gasteiger partial charge in [-0.3, -0.25) is 10.1 Å². The van der Waals surface area contributed by atoms with E-state index < -0.39 is 4.92 Å². The third kappa shape index (κ3) is 2.52. The van der Waals surface area contributed by atoms with Crippen molar-refractivity contribution < 1.29 is 4.92 Å². The van der Waals surface area contributed by atoms with Gasteiger partial charge in [-0.1, -0.05) is 27.7 Å². The lowest BCUT2D eigenvalue weighted by Crippen LogP contribution is -2.61. The lowest BCUT2D eigenvalue weighted by atomic mass is 9.75. The van der Waals surface area contributed by atoms with Gasteiger partial charge in [0.25, 0.3) is 0 Å². The number of nitro groups is 1. The van der Waals surface area contributed by atoms with E-state index in [0.717, 1.165) is 6.54 Å². The van der Waals surface area contributed by atoms with E-state index in [1.807, 2.05) is 0 Å². The normalized spacial score (nSPS) is 22.7. The number of rotatable bonds is 4. The average Bonchev–Trinajstić information content (AvgIpc) is 2.26. The zero-order valence-corrected chi connectivity index (χ0v) is 11.8. The molecule has 6 nitrogen and oxygen atoms in total. The lowest BCUT2D eigenvalue weighted by molar-refractivity contribution is -0.385. The highest BCUT2D eigenvalue weighted by Gasteiger charge is 2.43. The molecular formula is C13H20N4O2. The van der Waals surface area contributed by atoms with Crippen LogP contribution in [0.25, 0.3) is 0 Å². The highest BCUT2D eigenvalue weighted by Crippen LogP contribution is 2.37. The number of nitrogens with zero attached hydrogens (tertiary/aromatic N) is 4. The maximum atomic E-state index is 10.6. The molecule has 19 heavy (non-hydrogen) atoms. The average molecular weight is 264 g/mol. The van der Waals surface area contributed by atoms with Crippen LogP contribution in [0.4, 0.5) is 11.6 Å². The Hall–Kier alpha value is -1.72. The topological polar surface area (TPSA) is 72.2 Å². The van der Waals surface area contributed by atoms with Crippen molar-refractivity contribution in [2.24, 2.45) is 17.8 Å². The van der Waals surface area contributed by atoms with E-state index in [1.54, 1.807) is 0 Å². The van der Waals surface area contributed by atoms with E-state index in [4.69, 9.17) is 0 Å². The van der Waals surface area contributed by atoms with Gasteiger partial charge in [0.05, 0.1) is 4.92 Å². The molecule has 1 aliphatic heterocycles. The molecule has 0 spiro atoms. The Morgan fingerprint density at radius 1 is 1.26 bits per heavy atom. The van der Waals surface area contributed by atoms with Gasteiger partial charge in [-0.05, 0) is 17.8 Å². The van der Waals surface area contributed by atoms with E-state index in [2.05, 4.69) is 42.6 Å². The van der Waals surface area contributed by atoms with Crippen LogP contribution < -0.4 is 4.90 Å². The molecule has 1 saturated heterocycles. The zero-order valence-electron chi connectivity index (χ0n) is 11.8. The summed E-state index contributed by atoms with van der Waals surface area (Å²) in [7, 11) is 0. The van der Waals surface area contributed by atoms with Gasteiger partial charge in [-0.25, -0.2) is 9.97 Å². The van der Waals surface area contributed by atoms with Crippen LogP contribution in [-0.4, -0.2) is 27.5 Å². The first-order valence-electron chi connectivity index (χ1n) is 6.65. The quantitative estimate of drug-likeness (QED) is 0.617. The Bertz CT molecular complexity index is 458. The predicted octanol–water partition coefficient (Wildman–Crippen LogP) is 2.50. The highest BCUT2D eigenvalue weighted by atomic mass is 16.6. The van der Waals surface area contributed by atoms with Gasteiger partial charge < -0.3 is 4.90 Å². The molecule has 0 aromatic carbocycles. The van der Waals surface area contributed by atoms with E-state index in [1.165, 1.54) is 12.4 Å². The maximum absolute atomic E-state index is 10.6. The molecule has 1 aliphatic rings. The van der Waals surface area contributed by atoms with Crippen LogP contribution in [0.1, 0.15) is 27.7 Å². The number of anilines is 1. The van der Waals surface area contributed by atoms with Gasteiger partial charge in [-0.15, -0.1) is 0 Å². The van der Waals surface area contributed by atoms with Crippen LogP contribution in [0.2, 0.25) is 0 Å². The summed E-state index contributed by atoms with van der Waals surface area (Å²) in [4.78, 5) is 20.5. The molecule has 6 heteroatoms. The minimum Gasteiger partial charge on any atom is -0.337 e. The highest BCUT2D eigenvalue weighted by molar-refractivity contribution is 5.39. The van der Waals surface area contributed by atoms with E-state index in [0.29, 0.717) is 29.7 Å². The second-order valence-corrected chi connectivity index (χ2v) is 5.79. The molecular weight excluding hydrogens is 244 g/mol. The summed E-state index contributed by atoms with van der Waals surface area (Å²) in [6.45, 7) is 9.77. The molecule has 1 fully saturated rings. The molecule has 0 bridgehead atoms. The second-order valence-electron chi connectivity index (χ2n) is 5.79. The summed E-state index contributed by atoms with van der Waals surface area (Å²) in [5.74, 6) is 2.38. The van der Waals surface area contributed by atoms with Gasteiger partial charge in [0.15, 0.2) is 0 Å². The molecule has 2 rings (SSSR count). The van der Waals surface area contributed by atoms with Crippen molar-refractivity contribution in [2.75, 3.05) is 11.4 Å². The number of aromatic nitrogens is 2. The summed E-state index contributed by atoms with van der Waals surface area (Å²) in [5, 5.41) is 10.6. The number of hydrogen-bond donors (Lipinski definition) is 0. The molecule has 0 saturated carbocycles. The van der Waals surface area contributed by atoms with Gasteiger partial charge in [-0.2, -0.15) is 0 Å². The number of hydrogen-bond acceptors (Lipinski definition) is 5. The van der Waals surface area contributed by atoms with Gasteiger partial charge in [0.2, 0.25) is 5.95 Å². The molecule has 2 atom stereocenters. The van der Waals surface area contributed by atoms with Crippen molar-refractivity contribution in [3.05, 3.63) is 22.5 Å². The maximum Gasteiger partial charge on any atom is 0.305 e. The first-order chi connectivity index (χ1) is 8.91. The molecule has 1 aromatic heterocycles. The molecule has 0 radical (unpaired) electrons. The molecule has 0 amide bonds. The van der Waals surface area contributed by atoms with Crippen molar-refractivity contribution in [1.29, 1.82) is 0 Å². The Morgan fingerprint density at radius 3 is 2.26 bits per heavy atom. The largest absolute Gasteiger partial charge is 0.337 e. The lowest BCUT2D eigenvalue weighted by Gasteiger charge is -2.52. The summed E-state index contributed by atoms with van der Waals surface area (Å²) >= 11 is 0. The minimum absolute atomic E-state index is 0.0641. The predicted molar refractivity (Wildman–Crippen MR) is 73.0 cm³/mol. The first kappa shape index (κ1) is 13.7. The van der Waals surface area contributed by atoms with E-state index >= 15 is 0 Å². The van der Waals surface area contributed by atoms with Crippen LogP contribution in [0.15, 0.2) is 12.4 Å². The Balaban J connectivity index is 2.16. The minimum atomic E-state index is -0.475. The standard InChI is InChI=1S/C13H20N4O2/c1-8(2)11-7-16(12(11)9(3)4)13-14-5-10(6-15-13)17(18)19/h5-6,8-9,11-12H,7H2,1-4H3/t11-,12+/m0/s1. The molecule has 1 aromatic rings. The van der Waals surface area contributed by atoms with Crippen molar-refractivity contribution in [1.82, 2.24) is 9.97 Å². The first-order valence-corrected chi connectivity index (χ1v) is 6.65. The van der Waals surface area contributed by atoms with Crippen molar-refractivity contribution in [3.8, 4) is 0 Å². The monoisotopic (exact) mass is 264 g/mol. The molecule has 104 valence electrons. The third-order valence-corrected chi connectivity index (χ3v) is 3.84. The van der Waals surface area contributed by atoms with Gasteiger partial charge >= 0.3 is 5.69 Å². The summed E-state index contributed by atoms with van der Waals surface area (Å²) in [5.41, 5.74) is -0.0641. The summed E-state index contributed by atoms with van der Waals surface area (Å²) < 4.78 is 0. The fourth-order valence-corrected chi connectivity index (χ4v) is 2.78. The van der Waals surface area contributed by atoms with Crippen molar-refractivity contribution in [3.63, 3.8) is 0 Å². The van der Waals surface area contributed by atoms with Crippen LogP contribution in [0, 0.1) is 27.9 Å². The van der Waals surface area contributed by atoms with E-state index in [-0.39, 0.29) is 5.69 Å². The van der Waals surface area contributed by atoms with E-state index in [9.17, 15) is 10.1 Å². The Labute approximate surface area is 113 Å². The van der Waals surface area contributed by atoms with Crippen LogP contribution in [0.3, 0.4) is 0 Å². The molecule has 2 heterocycles. The molecule has 0 N–H and O–H groups in total. The van der Waals surface area contributed by atoms with Crippen LogP contribution in [-0.2, 0) is 0 Å². The van der Waals surface area contributed by atoms with Gasteiger partial charge in [0.1, 0.15) is 12.4 Å². The Kier molecular flexibility index (Phi) is 3.68. The zero-order chi connectivity index (χ0) is 14.2. The summed E-state index contributed by atoms with van der Waals surface area (Å²) in [6, 6.07) is 0.418. The van der Waals surface area contributed by atoms with Crippen molar-refractivity contribution in [2.45, 2.75) is 33.7 Å². The smallest absolute Gasteiger partial charge is 0.305 e. The van der Waals surface area contributed by atoms with Gasteiger partial charge in [0, 0.05) is 12.6 Å². The SMILES string of the molecule is CC(C)[C@@H]1[C@H](C(C)C)CN1c1ncc([N+](=O)[O-])cn1. The Morgan fingerprint density at radius 2 is 1.84 bits per heavy atom. The summed E-state index contributed by atoms with van der Waals surface area (Å²) in [6.07, 6.45) is 2.56. The van der Waals surface area contributed by atoms with Crippen LogP contribution in [0.5, 0.6) is 0 Å². The van der Waals surface area contributed by atoms with Crippen molar-refractivity contribution >= 4 is 11.6 Å². The molecule has 0 aliphatic carbocycles. The molecule has 0 unspecified atom stereocenters. The fraction of sp³-hybridized carbons (Fsp3) is 0.692. The third-order valence-electron chi connectivity index (χ3n) is 3.84.